The van der Waals surface area contributed by atoms with E-state index < -0.39 is 10.3 Å². The lowest BCUT2D eigenvalue weighted by Gasteiger charge is -2.05. The zero-order valence-corrected chi connectivity index (χ0v) is 7.83. The second-order valence-corrected chi connectivity index (χ2v) is 4.44. The third-order valence-electron chi connectivity index (χ3n) is 1.08. The molecule has 1 saturated heterocycles. The van der Waals surface area contributed by atoms with Gasteiger partial charge in [0.15, 0.2) is 0 Å². The Kier molecular flexibility index (Phi) is 5.93. The van der Waals surface area contributed by atoms with Gasteiger partial charge in [0.25, 0.3) is 0 Å². The van der Waals surface area contributed by atoms with Gasteiger partial charge in [-0.3, -0.25) is 4.55 Å². The van der Waals surface area contributed by atoms with E-state index in [0.717, 1.165) is 0 Å². The summed E-state index contributed by atoms with van der Waals surface area (Å²) in [7, 11) is -4.17. The van der Waals surface area contributed by atoms with Crippen LogP contribution in [-0.4, -0.2) is 24.5 Å². The van der Waals surface area contributed by atoms with Crippen molar-refractivity contribution in [3.8, 4) is 0 Å². The van der Waals surface area contributed by atoms with Gasteiger partial charge in [-0.15, -0.1) is 0 Å². The van der Waals surface area contributed by atoms with Crippen molar-refractivity contribution in [3.63, 3.8) is 0 Å². The van der Waals surface area contributed by atoms with Gasteiger partial charge in [-0.05, 0) is 24.3 Å². The van der Waals surface area contributed by atoms with Crippen LogP contribution in [0.4, 0.5) is 0 Å². The number of thioether (sulfide) groups is 1. The van der Waals surface area contributed by atoms with Gasteiger partial charge in [-0.25, -0.2) is 5.14 Å². The fourth-order valence-corrected chi connectivity index (χ4v) is 1.71. The average Bonchev–Trinajstić information content (AvgIpc) is 1.88. The second kappa shape index (κ2) is 5.82. The third-order valence-corrected chi connectivity index (χ3v) is 2.23. The predicted octanol–water partition coefficient (Wildman–Crippen LogP) is 0.651. The summed E-state index contributed by atoms with van der Waals surface area (Å²) in [5.41, 5.74) is 0. The van der Waals surface area contributed by atoms with E-state index in [1.54, 1.807) is 0 Å². The van der Waals surface area contributed by atoms with E-state index >= 15 is 0 Å². The monoisotopic (exact) mass is 199 g/mol. The molecular formula is C5H13NO3S2. The maximum absolute atomic E-state index is 8.97. The Bertz CT molecular complexity index is 155. The highest BCUT2D eigenvalue weighted by Crippen LogP contribution is 2.14. The zero-order chi connectivity index (χ0) is 8.74. The van der Waals surface area contributed by atoms with E-state index in [9.17, 15) is 0 Å². The molecule has 1 fully saturated rings. The number of nitrogens with two attached hydrogens (primary N) is 1. The van der Waals surface area contributed by atoms with E-state index in [1.165, 1.54) is 30.8 Å². The van der Waals surface area contributed by atoms with Crippen LogP contribution in [-0.2, 0) is 10.3 Å². The summed E-state index contributed by atoms with van der Waals surface area (Å²) in [4.78, 5) is 0. The van der Waals surface area contributed by atoms with Crippen LogP contribution in [0.2, 0.25) is 0 Å². The fourth-order valence-electron chi connectivity index (χ4n) is 0.687. The molecule has 3 N–H and O–H groups in total. The van der Waals surface area contributed by atoms with Gasteiger partial charge in [0.05, 0.1) is 0 Å². The van der Waals surface area contributed by atoms with Crippen LogP contribution in [0.3, 0.4) is 0 Å². The fraction of sp³-hybridized carbons (Fsp3) is 1.00. The molecule has 0 aromatic heterocycles. The van der Waals surface area contributed by atoms with Crippen molar-refractivity contribution >= 4 is 22.1 Å². The highest BCUT2D eigenvalue weighted by molar-refractivity contribution is 7.99. The highest BCUT2D eigenvalue weighted by Gasteiger charge is 1.95. The van der Waals surface area contributed by atoms with Crippen molar-refractivity contribution in [2.45, 2.75) is 19.3 Å². The molecule has 0 amide bonds. The first-order valence-electron chi connectivity index (χ1n) is 3.33. The molecule has 0 saturated carbocycles. The molecule has 1 aliphatic heterocycles. The number of hydrogen-bond donors (Lipinski definition) is 2. The van der Waals surface area contributed by atoms with Gasteiger partial charge in [0, 0.05) is 0 Å². The van der Waals surface area contributed by atoms with E-state index in [2.05, 4.69) is 16.9 Å². The molecule has 0 aliphatic carbocycles. The van der Waals surface area contributed by atoms with Crippen LogP contribution in [0.5, 0.6) is 0 Å². The van der Waals surface area contributed by atoms with E-state index in [-0.39, 0.29) is 0 Å². The van der Waals surface area contributed by atoms with Crippen LogP contribution >= 0.6 is 11.8 Å². The molecule has 4 nitrogen and oxygen atoms in total. The molecule has 0 spiro atoms. The van der Waals surface area contributed by atoms with Crippen LogP contribution in [0.25, 0.3) is 0 Å². The van der Waals surface area contributed by atoms with Gasteiger partial charge >= 0.3 is 10.3 Å². The van der Waals surface area contributed by atoms with Gasteiger partial charge in [0.2, 0.25) is 0 Å². The van der Waals surface area contributed by atoms with Crippen LogP contribution < -0.4 is 5.14 Å². The molecule has 1 rings (SSSR count). The summed E-state index contributed by atoms with van der Waals surface area (Å²) in [6, 6.07) is 0. The van der Waals surface area contributed by atoms with E-state index in [0.29, 0.717) is 0 Å². The van der Waals surface area contributed by atoms with Gasteiger partial charge in [-0.2, -0.15) is 20.2 Å². The minimum Gasteiger partial charge on any atom is -0.274 e. The minimum absolute atomic E-state index is 1.42. The Morgan fingerprint density at radius 2 is 1.55 bits per heavy atom. The molecule has 0 radical (unpaired) electrons. The SMILES string of the molecule is C1CCSCC1.NS(=O)(=O)O. The zero-order valence-electron chi connectivity index (χ0n) is 6.19. The van der Waals surface area contributed by atoms with Crippen LogP contribution in [0, 0.1) is 0 Å². The summed E-state index contributed by atoms with van der Waals surface area (Å²) >= 11 is 2.09. The average molecular weight is 199 g/mol. The standard InChI is InChI=1S/C5H10S.H3NO3S/c1-2-4-6-5-3-1;1-5(2,3)4/h1-5H2;(H3,1,2,3,4). The van der Waals surface area contributed by atoms with Gasteiger partial charge in [0.1, 0.15) is 0 Å². The van der Waals surface area contributed by atoms with Crippen LogP contribution in [0.15, 0.2) is 0 Å². The molecule has 0 aromatic carbocycles. The summed E-state index contributed by atoms with van der Waals surface area (Å²) in [6.07, 6.45) is 4.41. The molecule has 0 aromatic rings. The van der Waals surface area contributed by atoms with E-state index in [4.69, 9.17) is 13.0 Å². The Morgan fingerprint density at radius 1 is 1.18 bits per heavy atom. The molecule has 1 aliphatic rings. The lowest BCUT2D eigenvalue weighted by atomic mass is 10.3. The molecule has 68 valence electrons. The Hall–Kier alpha value is 0.220. The first-order chi connectivity index (χ1) is 5.00. The first-order valence-corrected chi connectivity index (χ1v) is 5.99. The Labute approximate surface area is 71.4 Å². The highest BCUT2D eigenvalue weighted by atomic mass is 32.2. The lowest BCUT2D eigenvalue weighted by molar-refractivity contribution is 0.485. The van der Waals surface area contributed by atoms with Crippen molar-refractivity contribution < 1.29 is 13.0 Å². The lowest BCUT2D eigenvalue weighted by Crippen LogP contribution is -2.08. The second-order valence-electron chi connectivity index (χ2n) is 2.19. The topological polar surface area (TPSA) is 80.4 Å². The van der Waals surface area contributed by atoms with Gasteiger partial charge < -0.3 is 0 Å². The van der Waals surface area contributed by atoms with Crippen molar-refractivity contribution in [2.75, 3.05) is 11.5 Å². The van der Waals surface area contributed by atoms with Crippen molar-refractivity contribution in [3.05, 3.63) is 0 Å². The van der Waals surface area contributed by atoms with Crippen molar-refractivity contribution in [2.24, 2.45) is 5.14 Å². The van der Waals surface area contributed by atoms with Crippen molar-refractivity contribution in [1.82, 2.24) is 0 Å². The normalized spacial score (nSPS) is 18.4. The van der Waals surface area contributed by atoms with Gasteiger partial charge in [-0.1, -0.05) is 6.42 Å². The largest absolute Gasteiger partial charge is 0.330 e. The molecule has 0 bridgehead atoms. The van der Waals surface area contributed by atoms with Crippen molar-refractivity contribution in [1.29, 1.82) is 0 Å². The third kappa shape index (κ3) is 17.8. The molecular weight excluding hydrogens is 186 g/mol. The summed E-state index contributed by atoms with van der Waals surface area (Å²) in [6.45, 7) is 0. The molecule has 11 heavy (non-hydrogen) atoms. The molecule has 0 atom stereocenters. The summed E-state index contributed by atoms with van der Waals surface area (Å²) < 4.78 is 25.2. The summed E-state index contributed by atoms with van der Waals surface area (Å²) in [5.74, 6) is 2.83. The Morgan fingerprint density at radius 3 is 1.64 bits per heavy atom. The number of rotatable bonds is 0. The van der Waals surface area contributed by atoms with Crippen LogP contribution in [0.1, 0.15) is 19.3 Å². The summed E-state index contributed by atoms with van der Waals surface area (Å²) in [5, 5.41) is 3.88. The Balaban J connectivity index is 0.000000187. The van der Waals surface area contributed by atoms with E-state index in [1.807, 2.05) is 0 Å². The molecule has 1 heterocycles. The quantitative estimate of drug-likeness (QED) is 0.561. The molecule has 6 heteroatoms. The smallest absolute Gasteiger partial charge is 0.274 e. The maximum Gasteiger partial charge on any atom is 0.330 e. The molecule has 0 unspecified atom stereocenters. The number of hydrogen-bond acceptors (Lipinski definition) is 3. The first kappa shape index (κ1) is 11.2. The minimum atomic E-state index is -4.17. The maximum atomic E-state index is 8.97. The predicted molar refractivity (Wildman–Crippen MR) is 46.9 cm³/mol.